The van der Waals surface area contributed by atoms with E-state index < -0.39 is 12.0 Å². The highest BCUT2D eigenvalue weighted by molar-refractivity contribution is 6.31. The Kier molecular flexibility index (Phi) is 5.28. The molecule has 2 aromatic carbocycles. The number of hydrogen-bond acceptors (Lipinski definition) is 3. The molecule has 2 rings (SSSR count). The molecular formula is C17H18ClNO3. The van der Waals surface area contributed by atoms with Crippen LogP contribution in [0.4, 0.5) is 5.69 Å². The van der Waals surface area contributed by atoms with Gasteiger partial charge in [0.15, 0.2) is 5.75 Å². The van der Waals surface area contributed by atoms with E-state index in [1.165, 1.54) is 0 Å². The van der Waals surface area contributed by atoms with E-state index in [2.05, 4.69) is 0 Å². The Balaban J connectivity index is 2.40. The predicted molar refractivity (Wildman–Crippen MR) is 88.1 cm³/mol. The molecule has 0 unspecified atom stereocenters. The molecule has 1 atom stereocenters. The summed E-state index contributed by atoms with van der Waals surface area (Å²) in [6, 6.07) is 13.9. The van der Waals surface area contributed by atoms with Crippen molar-refractivity contribution in [2.45, 2.75) is 19.9 Å². The number of carboxylic acids is 1. The number of nitrogens with zero attached hydrogens (tertiary/aromatic N) is 1. The molecule has 0 spiro atoms. The Morgan fingerprint density at radius 3 is 2.55 bits per heavy atom. The van der Waals surface area contributed by atoms with Gasteiger partial charge in [-0.2, -0.15) is 0 Å². The molecular weight excluding hydrogens is 302 g/mol. The molecule has 0 fully saturated rings. The predicted octanol–water partition coefficient (Wildman–Crippen LogP) is 4.43. The van der Waals surface area contributed by atoms with E-state index >= 15 is 0 Å². The van der Waals surface area contributed by atoms with Gasteiger partial charge in [-0.05, 0) is 44.2 Å². The molecule has 5 heteroatoms. The molecule has 116 valence electrons. The van der Waals surface area contributed by atoms with Crippen LogP contribution in [0, 0.1) is 0 Å². The summed E-state index contributed by atoms with van der Waals surface area (Å²) in [5.74, 6) is 0.364. The quantitative estimate of drug-likeness (QED) is 0.855. The zero-order valence-corrected chi connectivity index (χ0v) is 13.2. The summed E-state index contributed by atoms with van der Waals surface area (Å²) in [5, 5.41) is 9.81. The molecule has 0 aliphatic carbocycles. The van der Waals surface area contributed by atoms with E-state index in [1.807, 2.05) is 37.3 Å². The third-order valence-corrected chi connectivity index (χ3v) is 3.60. The van der Waals surface area contributed by atoms with Crippen molar-refractivity contribution in [3.8, 4) is 11.5 Å². The Labute approximate surface area is 134 Å². The van der Waals surface area contributed by atoms with Crippen molar-refractivity contribution in [1.82, 2.24) is 0 Å². The largest absolute Gasteiger partial charge is 0.480 e. The Morgan fingerprint density at radius 2 is 1.95 bits per heavy atom. The second kappa shape index (κ2) is 7.18. The molecule has 1 N–H and O–H groups in total. The molecule has 0 amide bonds. The molecule has 0 heterocycles. The van der Waals surface area contributed by atoms with Crippen LogP contribution in [0.25, 0.3) is 0 Å². The normalized spacial score (nSPS) is 11.8. The van der Waals surface area contributed by atoms with E-state index in [9.17, 15) is 9.90 Å². The van der Waals surface area contributed by atoms with Gasteiger partial charge in [0.25, 0.3) is 0 Å². The molecule has 4 nitrogen and oxygen atoms in total. The number of rotatable bonds is 6. The minimum atomic E-state index is -0.896. The van der Waals surface area contributed by atoms with Gasteiger partial charge in [0, 0.05) is 11.6 Å². The van der Waals surface area contributed by atoms with Gasteiger partial charge in [-0.1, -0.05) is 29.8 Å². The number of para-hydroxylation sites is 1. The SMILES string of the molecule is CCN(c1cc(Cl)ccc1Oc1ccccc1)[C@H](C)C(=O)O. The van der Waals surface area contributed by atoms with Crippen molar-refractivity contribution >= 4 is 23.3 Å². The standard InChI is InChI=1S/C17H18ClNO3/c1-3-19(12(2)17(20)21)15-11-13(18)9-10-16(15)22-14-7-5-4-6-8-14/h4-12H,3H2,1-2H3,(H,20,21)/t12-/m1/s1. The number of halogens is 1. The number of benzene rings is 2. The van der Waals surface area contributed by atoms with Gasteiger partial charge in [0.2, 0.25) is 0 Å². The number of ether oxygens (including phenoxy) is 1. The third kappa shape index (κ3) is 3.71. The second-order valence-corrected chi connectivity index (χ2v) is 5.26. The lowest BCUT2D eigenvalue weighted by Crippen LogP contribution is -2.39. The minimum absolute atomic E-state index is 0.527. The van der Waals surface area contributed by atoms with Crippen LogP contribution in [0.5, 0.6) is 11.5 Å². The number of carbonyl (C=O) groups is 1. The fraction of sp³-hybridized carbons (Fsp3) is 0.235. The van der Waals surface area contributed by atoms with Crippen molar-refractivity contribution < 1.29 is 14.6 Å². The van der Waals surface area contributed by atoms with E-state index in [1.54, 1.807) is 30.0 Å². The van der Waals surface area contributed by atoms with Crippen LogP contribution < -0.4 is 9.64 Å². The van der Waals surface area contributed by atoms with Gasteiger partial charge in [0.1, 0.15) is 11.8 Å². The number of hydrogen-bond donors (Lipinski definition) is 1. The van der Waals surface area contributed by atoms with Crippen molar-refractivity contribution in [1.29, 1.82) is 0 Å². The highest BCUT2D eigenvalue weighted by atomic mass is 35.5. The Morgan fingerprint density at radius 1 is 1.27 bits per heavy atom. The molecule has 0 aliphatic rings. The van der Waals surface area contributed by atoms with E-state index in [-0.39, 0.29) is 0 Å². The Hall–Kier alpha value is -2.20. The highest BCUT2D eigenvalue weighted by Crippen LogP contribution is 2.35. The van der Waals surface area contributed by atoms with Gasteiger partial charge in [-0.15, -0.1) is 0 Å². The monoisotopic (exact) mass is 319 g/mol. The van der Waals surface area contributed by atoms with Crippen LogP contribution in [0.15, 0.2) is 48.5 Å². The van der Waals surface area contributed by atoms with E-state index in [4.69, 9.17) is 16.3 Å². The molecule has 0 radical (unpaired) electrons. The van der Waals surface area contributed by atoms with Gasteiger partial charge < -0.3 is 14.7 Å². The molecule has 0 saturated carbocycles. The lowest BCUT2D eigenvalue weighted by atomic mass is 10.2. The summed E-state index contributed by atoms with van der Waals surface area (Å²) in [6.45, 7) is 4.06. The number of likely N-dealkylation sites (N-methyl/N-ethyl adjacent to an activating group) is 1. The summed E-state index contributed by atoms with van der Waals surface area (Å²) < 4.78 is 5.88. The summed E-state index contributed by atoms with van der Waals surface area (Å²) in [6.07, 6.45) is 0. The lowest BCUT2D eigenvalue weighted by Gasteiger charge is -2.29. The fourth-order valence-corrected chi connectivity index (χ4v) is 2.37. The lowest BCUT2D eigenvalue weighted by molar-refractivity contribution is -0.138. The first-order chi connectivity index (χ1) is 10.5. The van der Waals surface area contributed by atoms with Gasteiger partial charge in [0.05, 0.1) is 5.69 Å². The van der Waals surface area contributed by atoms with Crippen LogP contribution in [-0.2, 0) is 4.79 Å². The van der Waals surface area contributed by atoms with Gasteiger partial charge in [-0.25, -0.2) is 4.79 Å². The van der Waals surface area contributed by atoms with Gasteiger partial charge >= 0.3 is 5.97 Å². The molecule has 0 aromatic heterocycles. The average Bonchev–Trinajstić information content (AvgIpc) is 2.51. The zero-order chi connectivity index (χ0) is 16.1. The fourth-order valence-electron chi connectivity index (χ4n) is 2.20. The summed E-state index contributed by atoms with van der Waals surface area (Å²) >= 11 is 6.08. The van der Waals surface area contributed by atoms with E-state index in [0.717, 1.165) is 0 Å². The van der Waals surface area contributed by atoms with Crippen molar-refractivity contribution in [3.63, 3.8) is 0 Å². The van der Waals surface area contributed by atoms with Gasteiger partial charge in [-0.3, -0.25) is 0 Å². The van der Waals surface area contributed by atoms with E-state index in [0.29, 0.717) is 28.8 Å². The minimum Gasteiger partial charge on any atom is -0.480 e. The summed E-state index contributed by atoms with van der Waals surface area (Å²) in [5.41, 5.74) is 0.661. The van der Waals surface area contributed by atoms with Crippen LogP contribution in [-0.4, -0.2) is 23.7 Å². The Bertz CT molecular complexity index is 646. The molecule has 0 aliphatic heterocycles. The smallest absolute Gasteiger partial charge is 0.326 e. The van der Waals surface area contributed by atoms with Crippen molar-refractivity contribution in [3.05, 3.63) is 53.6 Å². The first kappa shape index (κ1) is 16.2. The van der Waals surface area contributed by atoms with Crippen LogP contribution in [0.1, 0.15) is 13.8 Å². The second-order valence-electron chi connectivity index (χ2n) is 4.83. The first-order valence-corrected chi connectivity index (χ1v) is 7.42. The van der Waals surface area contributed by atoms with Crippen LogP contribution >= 0.6 is 11.6 Å². The van der Waals surface area contributed by atoms with Crippen LogP contribution in [0.3, 0.4) is 0 Å². The molecule has 2 aromatic rings. The zero-order valence-electron chi connectivity index (χ0n) is 12.5. The maximum Gasteiger partial charge on any atom is 0.326 e. The number of aliphatic carboxylic acids is 1. The first-order valence-electron chi connectivity index (χ1n) is 7.04. The van der Waals surface area contributed by atoms with Crippen molar-refractivity contribution in [2.24, 2.45) is 0 Å². The number of anilines is 1. The third-order valence-electron chi connectivity index (χ3n) is 3.37. The molecule has 0 bridgehead atoms. The summed E-state index contributed by atoms with van der Waals surface area (Å²) in [4.78, 5) is 13.1. The van der Waals surface area contributed by atoms with Crippen LogP contribution in [0.2, 0.25) is 5.02 Å². The molecule has 0 saturated heterocycles. The average molecular weight is 320 g/mol. The topological polar surface area (TPSA) is 49.8 Å². The molecule has 22 heavy (non-hydrogen) atoms. The maximum atomic E-state index is 11.3. The highest BCUT2D eigenvalue weighted by Gasteiger charge is 2.23. The summed E-state index contributed by atoms with van der Waals surface area (Å²) in [7, 11) is 0. The number of carboxylic acid groups (broad SMARTS) is 1. The maximum absolute atomic E-state index is 11.3. The van der Waals surface area contributed by atoms with Crippen molar-refractivity contribution in [2.75, 3.05) is 11.4 Å².